The molecule has 1 aromatic carbocycles. The standard InChI is InChI=1S/C10H11NO2/c11-10(13)7-5-4-6-2-1-3-8(12)9(6)7/h1-3,7,12H,4-5H2,(H2,11,13). The van der Waals surface area contributed by atoms with Crippen LogP contribution in [0.3, 0.4) is 0 Å². The van der Waals surface area contributed by atoms with E-state index in [9.17, 15) is 9.90 Å². The number of rotatable bonds is 1. The number of phenols is 1. The Morgan fingerprint density at radius 3 is 3.00 bits per heavy atom. The molecule has 1 aliphatic rings. The molecule has 0 heterocycles. The quantitative estimate of drug-likeness (QED) is 0.669. The monoisotopic (exact) mass is 177 g/mol. The van der Waals surface area contributed by atoms with Gasteiger partial charge in [-0.15, -0.1) is 0 Å². The smallest absolute Gasteiger partial charge is 0.225 e. The third-order valence-corrected chi connectivity index (χ3v) is 2.57. The van der Waals surface area contributed by atoms with Gasteiger partial charge in [0.1, 0.15) is 5.75 Å². The number of fused-ring (bicyclic) bond motifs is 1. The highest BCUT2D eigenvalue weighted by Crippen LogP contribution is 2.38. The third kappa shape index (κ3) is 1.16. The maximum Gasteiger partial charge on any atom is 0.225 e. The normalized spacial score (nSPS) is 19.8. The van der Waals surface area contributed by atoms with Gasteiger partial charge in [-0.25, -0.2) is 0 Å². The summed E-state index contributed by atoms with van der Waals surface area (Å²) in [5.74, 6) is -0.449. The Labute approximate surface area is 76.2 Å². The van der Waals surface area contributed by atoms with Gasteiger partial charge in [0.25, 0.3) is 0 Å². The molecule has 3 heteroatoms. The summed E-state index contributed by atoms with van der Waals surface area (Å²) >= 11 is 0. The lowest BCUT2D eigenvalue weighted by Gasteiger charge is -2.08. The minimum absolute atomic E-state index is 0.193. The highest BCUT2D eigenvalue weighted by molar-refractivity contribution is 5.84. The molecule has 0 aliphatic heterocycles. The molecule has 13 heavy (non-hydrogen) atoms. The van der Waals surface area contributed by atoms with Crippen LogP contribution in [-0.2, 0) is 11.2 Å². The van der Waals surface area contributed by atoms with Crippen LogP contribution in [0.5, 0.6) is 5.75 Å². The van der Waals surface area contributed by atoms with Gasteiger partial charge < -0.3 is 10.8 Å². The van der Waals surface area contributed by atoms with Crippen molar-refractivity contribution in [3.63, 3.8) is 0 Å². The summed E-state index contributed by atoms with van der Waals surface area (Å²) in [5, 5.41) is 9.54. The molecular weight excluding hydrogens is 166 g/mol. The maximum atomic E-state index is 11.0. The largest absolute Gasteiger partial charge is 0.508 e. The van der Waals surface area contributed by atoms with Crippen molar-refractivity contribution < 1.29 is 9.90 Å². The minimum atomic E-state index is -0.347. The second kappa shape index (κ2) is 2.76. The van der Waals surface area contributed by atoms with Gasteiger partial charge in [-0.1, -0.05) is 12.1 Å². The molecule has 0 saturated carbocycles. The number of hydrogen-bond donors (Lipinski definition) is 2. The van der Waals surface area contributed by atoms with Crippen LogP contribution in [0.2, 0.25) is 0 Å². The van der Waals surface area contributed by atoms with Gasteiger partial charge in [0.15, 0.2) is 0 Å². The lowest BCUT2D eigenvalue weighted by Crippen LogP contribution is -2.19. The van der Waals surface area contributed by atoms with Crippen LogP contribution in [0.1, 0.15) is 23.5 Å². The van der Waals surface area contributed by atoms with Crippen LogP contribution in [0.25, 0.3) is 0 Å². The van der Waals surface area contributed by atoms with E-state index in [2.05, 4.69) is 0 Å². The number of aromatic hydroxyl groups is 1. The van der Waals surface area contributed by atoms with E-state index in [1.54, 1.807) is 12.1 Å². The van der Waals surface area contributed by atoms with Crippen LogP contribution in [0.4, 0.5) is 0 Å². The predicted octanol–water partition coefficient (Wildman–Crippen LogP) is 0.907. The number of carbonyl (C=O) groups is 1. The zero-order valence-corrected chi connectivity index (χ0v) is 7.16. The Morgan fingerprint density at radius 2 is 2.31 bits per heavy atom. The number of amides is 1. The molecule has 1 unspecified atom stereocenters. The van der Waals surface area contributed by atoms with Gasteiger partial charge in [0.2, 0.25) is 5.91 Å². The molecular formula is C10H11NO2. The molecule has 68 valence electrons. The first-order chi connectivity index (χ1) is 6.20. The summed E-state index contributed by atoms with van der Waals surface area (Å²) in [6, 6.07) is 5.32. The van der Waals surface area contributed by atoms with Crippen LogP contribution in [0.15, 0.2) is 18.2 Å². The molecule has 0 fully saturated rings. The van der Waals surface area contributed by atoms with Crippen molar-refractivity contribution in [2.24, 2.45) is 5.73 Å². The Hall–Kier alpha value is -1.51. The molecule has 2 rings (SSSR count). The van der Waals surface area contributed by atoms with Crippen molar-refractivity contribution >= 4 is 5.91 Å². The summed E-state index contributed by atoms with van der Waals surface area (Å²) in [5.41, 5.74) is 7.01. The van der Waals surface area contributed by atoms with E-state index >= 15 is 0 Å². The van der Waals surface area contributed by atoms with E-state index in [0.29, 0.717) is 0 Å². The summed E-state index contributed by atoms with van der Waals surface area (Å²) in [6.07, 6.45) is 1.56. The van der Waals surface area contributed by atoms with Crippen LogP contribution < -0.4 is 5.73 Å². The Bertz CT molecular complexity index is 360. The van der Waals surface area contributed by atoms with Crippen LogP contribution in [0, 0.1) is 0 Å². The fourth-order valence-corrected chi connectivity index (χ4v) is 1.95. The van der Waals surface area contributed by atoms with Crippen molar-refractivity contribution in [3.8, 4) is 5.75 Å². The first-order valence-corrected chi connectivity index (χ1v) is 4.30. The van der Waals surface area contributed by atoms with Gasteiger partial charge >= 0.3 is 0 Å². The molecule has 0 aromatic heterocycles. The number of carbonyl (C=O) groups excluding carboxylic acids is 1. The summed E-state index contributed by atoms with van der Waals surface area (Å²) in [6.45, 7) is 0. The van der Waals surface area contributed by atoms with E-state index < -0.39 is 0 Å². The van der Waals surface area contributed by atoms with E-state index in [4.69, 9.17) is 5.73 Å². The molecule has 0 spiro atoms. The van der Waals surface area contributed by atoms with Gasteiger partial charge in [-0.2, -0.15) is 0 Å². The van der Waals surface area contributed by atoms with Crippen molar-refractivity contribution in [3.05, 3.63) is 29.3 Å². The average Bonchev–Trinajstić information content (AvgIpc) is 2.49. The van der Waals surface area contributed by atoms with Gasteiger partial charge in [0.05, 0.1) is 5.92 Å². The molecule has 0 radical (unpaired) electrons. The van der Waals surface area contributed by atoms with E-state index in [1.165, 1.54) is 0 Å². The highest BCUT2D eigenvalue weighted by atomic mass is 16.3. The maximum absolute atomic E-state index is 11.0. The SMILES string of the molecule is NC(=O)C1CCc2cccc(O)c21. The lowest BCUT2D eigenvalue weighted by molar-refractivity contribution is -0.119. The number of hydrogen-bond acceptors (Lipinski definition) is 2. The predicted molar refractivity (Wildman–Crippen MR) is 48.4 cm³/mol. The molecule has 0 saturated heterocycles. The molecule has 1 amide bonds. The third-order valence-electron chi connectivity index (χ3n) is 2.57. The van der Waals surface area contributed by atoms with E-state index in [-0.39, 0.29) is 17.6 Å². The average molecular weight is 177 g/mol. The van der Waals surface area contributed by atoms with Crippen molar-refractivity contribution in [1.82, 2.24) is 0 Å². The van der Waals surface area contributed by atoms with Gasteiger partial charge in [0, 0.05) is 5.56 Å². The van der Waals surface area contributed by atoms with Crippen molar-refractivity contribution in [1.29, 1.82) is 0 Å². The second-order valence-corrected chi connectivity index (χ2v) is 3.34. The fraction of sp³-hybridized carbons (Fsp3) is 0.300. The first-order valence-electron chi connectivity index (χ1n) is 4.30. The summed E-state index contributed by atoms with van der Waals surface area (Å²) in [4.78, 5) is 11.0. The second-order valence-electron chi connectivity index (χ2n) is 3.34. The molecule has 3 nitrogen and oxygen atoms in total. The van der Waals surface area contributed by atoms with Crippen LogP contribution >= 0.6 is 0 Å². The summed E-state index contributed by atoms with van der Waals surface area (Å²) < 4.78 is 0. The van der Waals surface area contributed by atoms with Crippen molar-refractivity contribution in [2.75, 3.05) is 0 Å². The topological polar surface area (TPSA) is 63.3 Å². The van der Waals surface area contributed by atoms with E-state index in [0.717, 1.165) is 24.0 Å². The molecule has 1 atom stereocenters. The molecule has 0 bridgehead atoms. The number of aryl methyl sites for hydroxylation is 1. The van der Waals surface area contributed by atoms with E-state index in [1.807, 2.05) is 6.07 Å². The molecule has 1 aliphatic carbocycles. The Kier molecular flexibility index (Phi) is 1.72. The van der Waals surface area contributed by atoms with Gasteiger partial charge in [-0.05, 0) is 24.5 Å². The minimum Gasteiger partial charge on any atom is -0.508 e. The highest BCUT2D eigenvalue weighted by Gasteiger charge is 2.29. The summed E-state index contributed by atoms with van der Waals surface area (Å²) in [7, 11) is 0. The first kappa shape index (κ1) is 8.10. The Balaban J connectivity index is 2.52. The van der Waals surface area contributed by atoms with Crippen molar-refractivity contribution in [2.45, 2.75) is 18.8 Å². The number of nitrogens with two attached hydrogens (primary N) is 1. The number of primary amides is 1. The molecule has 3 N–H and O–H groups in total. The zero-order chi connectivity index (χ0) is 9.42. The lowest BCUT2D eigenvalue weighted by atomic mass is 10.00. The Morgan fingerprint density at radius 1 is 1.54 bits per heavy atom. The zero-order valence-electron chi connectivity index (χ0n) is 7.16. The molecule has 1 aromatic rings. The van der Waals surface area contributed by atoms with Gasteiger partial charge in [-0.3, -0.25) is 4.79 Å². The van der Waals surface area contributed by atoms with Crippen LogP contribution in [-0.4, -0.2) is 11.0 Å². The number of benzene rings is 1. The fourth-order valence-electron chi connectivity index (χ4n) is 1.95. The number of phenolic OH excluding ortho intramolecular Hbond substituents is 1.